The molecule has 0 aliphatic rings. The summed E-state index contributed by atoms with van der Waals surface area (Å²) in [5, 5.41) is 6.31. The van der Waals surface area contributed by atoms with E-state index in [2.05, 4.69) is 10.2 Å². The quantitative estimate of drug-likeness (QED) is 0.422. The Hall–Kier alpha value is -1.24. The third-order valence-corrected chi connectivity index (χ3v) is 6.31. The number of carbonyl (C=O) groups excluding carboxylic acids is 2. The van der Waals surface area contributed by atoms with Gasteiger partial charge in [-0.1, -0.05) is 65.1 Å². The maximum Gasteiger partial charge on any atom is 0.452 e. The van der Waals surface area contributed by atoms with Crippen molar-refractivity contribution < 1.29 is 18.8 Å². The zero-order valence-electron chi connectivity index (χ0n) is 14.2. The number of carbonyl (C=O) groups is 2. The van der Waals surface area contributed by atoms with Gasteiger partial charge in [-0.15, -0.1) is 0 Å². The molecule has 6 nitrogen and oxygen atoms in total. The number of azo groups is 1. The van der Waals surface area contributed by atoms with E-state index in [-0.39, 0.29) is 16.7 Å². The van der Waals surface area contributed by atoms with E-state index in [1.54, 1.807) is 0 Å². The zero-order valence-corrected chi connectivity index (χ0v) is 15.4. The Morgan fingerprint density at radius 1 is 0.952 bits per heavy atom. The molecule has 0 fully saturated rings. The molecule has 0 aromatic carbocycles. The summed E-state index contributed by atoms with van der Waals surface area (Å²) >= 11 is 0. The standard InChI is InChI=1S/C14H28N2O4Si/c1-8-9-10-19-11(17)15-16-12(18)20-21(13(2,3)4)14(5,6)7/h21H,8-10H2,1-7H3. The van der Waals surface area contributed by atoms with E-state index < -0.39 is 21.2 Å². The van der Waals surface area contributed by atoms with Gasteiger partial charge in [0.25, 0.3) is 9.04 Å². The molecule has 122 valence electrons. The van der Waals surface area contributed by atoms with E-state index in [4.69, 9.17) is 9.16 Å². The van der Waals surface area contributed by atoms with Gasteiger partial charge in [0, 0.05) is 0 Å². The Morgan fingerprint density at radius 3 is 1.86 bits per heavy atom. The molecule has 0 spiro atoms. The maximum atomic E-state index is 11.7. The van der Waals surface area contributed by atoms with Crippen LogP contribution in [-0.4, -0.2) is 27.8 Å². The Labute approximate surface area is 129 Å². The molecule has 0 saturated carbocycles. The molecule has 21 heavy (non-hydrogen) atoms. The summed E-state index contributed by atoms with van der Waals surface area (Å²) in [6.45, 7) is 14.5. The fourth-order valence-electron chi connectivity index (χ4n) is 2.19. The summed E-state index contributed by atoms with van der Waals surface area (Å²) in [7, 11) is -1.91. The molecular formula is C14H28N2O4Si. The van der Waals surface area contributed by atoms with Gasteiger partial charge in [-0.25, -0.2) is 9.59 Å². The molecule has 0 heterocycles. The van der Waals surface area contributed by atoms with E-state index >= 15 is 0 Å². The first kappa shape index (κ1) is 19.8. The molecule has 0 aliphatic heterocycles. The molecule has 0 radical (unpaired) electrons. The van der Waals surface area contributed by atoms with Crippen molar-refractivity contribution in [2.75, 3.05) is 6.61 Å². The van der Waals surface area contributed by atoms with Gasteiger partial charge >= 0.3 is 12.2 Å². The lowest BCUT2D eigenvalue weighted by Gasteiger charge is -2.36. The highest BCUT2D eigenvalue weighted by atomic mass is 28.3. The van der Waals surface area contributed by atoms with Crippen LogP contribution in [0.4, 0.5) is 9.59 Å². The van der Waals surface area contributed by atoms with Gasteiger partial charge in [0.1, 0.15) is 0 Å². The number of ether oxygens (including phenoxy) is 1. The third kappa shape index (κ3) is 8.59. The fraction of sp³-hybridized carbons (Fsp3) is 0.857. The average molecular weight is 316 g/mol. The van der Waals surface area contributed by atoms with E-state index in [1.165, 1.54) is 0 Å². The van der Waals surface area contributed by atoms with Gasteiger partial charge in [-0.2, -0.15) is 0 Å². The van der Waals surface area contributed by atoms with Crippen LogP contribution in [0.15, 0.2) is 10.2 Å². The van der Waals surface area contributed by atoms with Crippen LogP contribution in [0.25, 0.3) is 0 Å². The molecule has 7 heteroatoms. The zero-order chi connectivity index (χ0) is 16.7. The number of amides is 2. The molecule has 0 saturated heterocycles. The van der Waals surface area contributed by atoms with E-state index in [0.717, 1.165) is 12.8 Å². The SMILES string of the molecule is CCCCOC(=O)N=NC(=O)O[SiH](C(C)(C)C)C(C)(C)C. The number of hydrogen-bond donors (Lipinski definition) is 0. The summed E-state index contributed by atoms with van der Waals surface area (Å²) < 4.78 is 10.3. The second kappa shape index (κ2) is 8.26. The highest BCUT2D eigenvalue weighted by molar-refractivity contribution is 6.60. The van der Waals surface area contributed by atoms with Crippen molar-refractivity contribution in [2.24, 2.45) is 10.2 Å². The number of hydrogen-bond acceptors (Lipinski definition) is 4. The van der Waals surface area contributed by atoms with Gasteiger partial charge in [-0.3, -0.25) is 0 Å². The molecule has 0 aliphatic carbocycles. The topological polar surface area (TPSA) is 77.3 Å². The van der Waals surface area contributed by atoms with Crippen molar-refractivity contribution in [3.8, 4) is 0 Å². The van der Waals surface area contributed by atoms with Crippen LogP contribution in [-0.2, 0) is 9.16 Å². The summed E-state index contributed by atoms with van der Waals surface area (Å²) in [6, 6.07) is 0. The summed E-state index contributed by atoms with van der Waals surface area (Å²) in [6.07, 6.45) is 0.000137. The summed E-state index contributed by atoms with van der Waals surface area (Å²) in [4.78, 5) is 22.9. The van der Waals surface area contributed by atoms with Crippen LogP contribution in [0.1, 0.15) is 61.3 Å². The highest BCUT2D eigenvalue weighted by Gasteiger charge is 2.41. The van der Waals surface area contributed by atoms with Crippen molar-refractivity contribution >= 4 is 21.2 Å². The van der Waals surface area contributed by atoms with Gasteiger partial charge < -0.3 is 9.16 Å². The molecule has 0 atom stereocenters. The normalized spacial score (nSPS) is 12.8. The number of unbranched alkanes of at least 4 members (excludes halogenated alkanes) is 1. The predicted molar refractivity (Wildman–Crippen MR) is 84.2 cm³/mol. The van der Waals surface area contributed by atoms with Gasteiger partial charge in [0.2, 0.25) is 0 Å². The minimum atomic E-state index is -1.91. The third-order valence-electron chi connectivity index (χ3n) is 2.73. The van der Waals surface area contributed by atoms with Crippen LogP contribution >= 0.6 is 0 Å². The first-order valence-electron chi connectivity index (χ1n) is 7.27. The lowest BCUT2D eigenvalue weighted by atomic mass is 10.2. The Balaban J connectivity index is 4.55. The summed E-state index contributed by atoms with van der Waals surface area (Å²) in [5.74, 6) is 0. The van der Waals surface area contributed by atoms with Crippen molar-refractivity contribution in [3.05, 3.63) is 0 Å². The largest absolute Gasteiger partial charge is 0.503 e. The van der Waals surface area contributed by atoms with Crippen LogP contribution < -0.4 is 0 Å². The van der Waals surface area contributed by atoms with E-state index in [0.29, 0.717) is 0 Å². The lowest BCUT2D eigenvalue weighted by Crippen LogP contribution is -2.39. The summed E-state index contributed by atoms with van der Waals surface area (Å²) in [5.41, 5.74) is 0. The highest BCUT2D eigenvalue weighted by Crippen LogP contribution is 2.42. The first-order chi connectivity index (χ1) is 9.48. The molecule has 0 bridgehead atoms. The second-order valence-electron chi connectivity index (χ2n) is 7.16. The molecule has 0 aromatic rings. The maximum absolute atomic E-state index is 11.7. The minimum Gasteiger partial charge on any atom is -0.503 e. The first-order valence-corrected chi connectivity index (χ1v) is 8.90. The van der Waals surface area contributed by atoms with E-state index in [9.17, 15) is 9.59 Å². The lowest BCUT2D eigenvalue weighted by molar-refractivity contribution is 0.152. The van der Waals surface area contributed by atoms with Gasteiger partial charge in [-0.05, 0) is 16.5 Å². The molecular weight excluding hydrogens is 288 g/mol. The van der Waals surface area contributed by atoms with Crippen LogP contribution in [0.2, 0.25) is 10.1 Å². The van der Waals surface area contributed by atoms with Gasteiger partial charge in [0.05, 0.1) is 6.61 Å². The van der Waals surface area contributed by atoms with Crippen molar-refractivity contribution in [2.45, 2.75) is 71.4 Å². The molecule has 0 rings (SSSR count). The molecule has 0 N–H and O–H groups in total. The Kier molecular flexibility index (Phi) is 7.77. The molecule has 2 amide bonds. The van der Waals surface area contributed by atoms with Crippen molar-refractivity contribution in [3.63, 3.8) is 0 Å². The van der Waals surface area contributed by atoms with Crippen LogP contribution in [0.5, 0.6) is 0 Å². The van der Waals surface area contributed by atoms with Crippen molar-refractivity contribution in [1.29, 1.82) is 0 Å². The molecule has 0 unspecified atom stereocenters. The van der Waals surface area contributed by atoms with Crippen molar-refractivity contribution in [1.82, 2.24) is 0 Å². The number of nitrogens with zero attached hydrogens (tertiary/aromatic N) is 2. The average Bonchev–Trinajstić information content (AvgIpc) is 2.31. The van der Waals surface area contributed by atoms with E-state index in [1.807, 2.05) is 48.5 Å². The fourth-order valence-corrected chi connectivity index (χ4v) is 5.75. The van der Waals surface area contributed by atoms with Crippen LogP contribution in [0.3, 0.4) is 0 Å². The Bertz CT molecular complexity index is 369. The predicted octanol–water partition coefficient (Wildman–Crippen LogP) is 4.84. The minimum absolute atomic E-state index is 0.106. The van der Waals surface area contributed by atoms with Crippen LogP contribution in [0, 0.1) is 0 Å². The molecule has 0 aromatic heterocycles. The van der Waals surface area contributed by atoms with Gasteiger partial charge in [0.15, 0.2) is 0 Å². The number of rotatable bonds is 4. The smallest absolute Gasteiger partial charge is 0.452 e. The monoisotopic (exact) mass is 316 g/mol. The Morgan fingerprint density at radius 2 is 1.43 bits per heavy atom. The second-order valence-corrected chi connectivity index (χ2v) is 11.6.